The van der Waals surface area contributed by atoms with Gasteiger partial charge in [-0.2, -0.15) is 4.57 Å². The van der Waals surface area contributed by atoms with Gasteiger partial charge in [-0.1, -0.05) is 22.0 Å². The zero-order valence-electron chi connectivity index (χ0n) is 14.8. The second kappa shape index (κ2) is 9.26. The van der Waals surface area contributed by atoms with E-state index in [0.29, 0.717) is 16.1 Å². The second-order valence-corrected chi connectivity index (χ2v) is 8.06. The normalized spacial score (nSPS) is 10.2. The van der Waals surface area contributed by atoms with E-state index in [4.69, 9.17) is 0 Å². The summed E-state index contributed by atoms with van der Waals surface area (Å²) in [6.45, 7) is 4.07. The van der Waals surface area contributed by atoms with Crippen molar-refractivity contribution in [1.29, 1.82) is 0 Å². The number of rotatable bonds is 5. The van der Waals surface area contributed by atoms with Gasteiger partial charge in [-0.15, -0.1) is 11.3 Å². The number of aromatic nitrogens is 1. The summed E-state index contributed by atoms with van der Waals surface area (Å²) in [5, 5.41) is 3.52. The summed E-state index contributed by atoms with van der Waals surface area (Å²) in [6.07, 6.45) is 3.66. The standard InChI is InChI=1S/C20H17BrN2O2S.ClH/c1-13-14(2)26-20(22-17(24)12-23-10-4-3-5-11-23)18(13)19(25)15-6-8-16(21)9-7-15;/h3-11H,12H2,1-2H3;1H. The minimum absolute atomic E-state index is 0. The fraction of sp³-hybridized carbons (Fsp3) is 0.150. The molecular formula is C20H18BrClN2O2S. The van der Waals surface area contributed by atoms with Crippen molar-refractivity contribution in [3.63, 3.8) is 0 Å². The van der Waals surface area contributed by atoms with Crippen LogP contribution in [0.15, 0.2) is 59.3 Å². The Morgan fingerprint density at radius 2 is 1.70 bits per heavy atom. The number of carbonyl (C=O) groups is 2. The summed E-state index contributed by atoms with van der Waals surface area (Å²) in [5.74, 6) is -0.241. The maximum Gasteiger partial charge on any atom is 0.290 e. The minimum atomic E-state index is -0.160. The molecule has 0 saturated heterocycles. The van der Waals surface area contributed by atoms with Crippen LogP contribution in [0.2, 0.25) is 0 Å². The van der Waals surface area contributed by atoms with E-state index < -0.39 is 0 Å². The number of anilines is 1. The smallest absolute Gasteiger partial charge is 0.290 e. The van der Waals surface area contributed by atoms with Gasteiger partial charge >= 0.3 is 0 Å². The lowest BCUT2D eigenvalue weighted by Crippen LogP contribution is -3.00. The molecule has 0 spiro atoms. The van der Waals surface area contributed by atoms with Gasteiger partial charge in [0.1, 0.15) is 5.00 Å². The highest BCUT2D eigenvalue weighted by Gasteiger charge is 2.23. The van der Waals surface area contributed by atoms with Crippen LogP contribution in [0.4, 0.5) is 5.00 Å². The number of nitrogens with zero attached hydrogens (tertiary/aromatic N) is 1. The number of benzene rings is 1. The van der Waals surface area contributed by atoms with Gasteiger partial charge in [-0.3, -0.25) is 9.59 Å². The van der Waals surface area contributed by atoms with E-state index in [1.165, 1.54) is 11.3 Å². The summed E-state index contributed by atoms with van der Waals surface area (Å²) >= 11 is 4.81. The first-order valence-corrected chi connectivity index (χ1v) is 9.71. The first kappa shape index (κ1) is 21.3. The quantitative estimate of drug-likeness (QED) is 0.456. The van der Waals surface area contributed by atoms with Crippen LogP contribution < -0.4 is 22.3 Å². The molecule has 0 fully saturated rings. The fourth-order valence-electron chi connectivity index (χ4n) is 2.61. The topological polar surface area (TPSA) is 50.1 Å². The molecule has 0 unspecified atom stereocenters. The van der Waals surface area contributed by atoms with Crippen LogP contribution >= 0.6 is 27.3 Å². The lowest BCUT2D eigenvalue weighted by molar-refractivity contribution is -0.684. The van der Waals surface area contributed by atoms with Crippen LogP contribution in [-0.2, 0) is 11.3 Å². The van der Waals surface area contributed by atoms with E-state index >= 15 is 0 Å². The van der Waals surface area contributed by atoms with Gasteiger partial charge in [0, 0.05) is 27.0 Å². The summed E-state index contributed by atoms with van der Waals surface area (Å²) in [5.41, 5.74) is 2.08. The molecule has 0 aliphatic heterocycles. The number of amides is 1. The van der Waals surface area contributed by atoms with Gasteiger partial charge in [0.25, 0.3) is 5.91 Å². The number of aryl methyl sites for hydroxylation is 1. The van der Waals surface area contributed by atoms with Crippen molar-refractivity contribution in [3.8, 4) is 0 Å². The van der Waals surface area contributed by atoms with E-state index in [0.717, 1.165) is 14.9 Å². The Labute approximate surface area is 176 Å². The molecule has 1 aromatic carbocycles. The Morgan fingerprint density at radius 1 is 1.07 bits per heavy atom. The van der Waals surface area contributed by atoms with Crippen molar-refractivity contribution in [2.75, 3.05) is 5.32 Å². The molecule has 1 amide bonds. The van der Waals surface area contributed by atoms with Gasteiger partial charge in [0.15, 0.2) is 18.2 Å². The highest BCUT2D eigenvalue weighted by atomic mass is 79.9. The molecule has 3 rings (SSSR count). The molecule has 0 atom stereocenters. The Kier molecular flexibility index (Phi) is 7.30. The number of pyridine rings is 1. The van der Waals surface area contributed by atoms with E-state index in [1.807, 2.05) is 56.6 Å². The predicted molar refractivity (Wildman–Crippen MR) is 107 cm³/mol. The third-order valence-electron chi connectivity index (χ3n) is 4.08. The Hall–Kier alpha value is -2.02. The lowest BCUT2D eigenvalue weighted by Gasteiger charge is -2.06. The molecule has 0 aliphatic carbocycles. The zero-order valence-corrected chi connectivity index (χ0v) is 18.0. The van der Waals surface area contributed by atoms with Crippen molar-refractivity contribution < 1.29 is 26.6 Å². The summed E-state index contributed by atoms with van der Waals surface area (Å²) in [4.78, 5) is 26.4. The number of nitrogens with one attached hydrogen (secondary N) is 1. The van der Waals surface area contributed by atoms with Gasteiger partial charge in [0.05, 0.1) is 5.56 Å². The highest BCUT2D eigenvalue weighted by Crippen LogP contribution is 2.34. The zero-order chi connectivity index (χ0) is 18.7. The number of hydrogen-bond donors (Lipinski definition) is 1. The Balaban J connectivity index is 0.00000261. The van der Waals surface area contributed by atoms with E-state index in [1.54, 1.807) is 16.7 Å². The SMILES string of the molecule is Cc1sc(NC(=O)C[n+]2ccccc2)c(C(=O)c2ccc(Br)cc2)c1C.[Cl-]. The number of hydrogen-bond acceptors (Lipinski definition) is 3. The van der Waals surface area contributed by atoms with E-state index in [2.05, 4.69) is 21.2 Å². The predicted octanol–water partition coefficient (Wildman–Crippen LogP) is 1.29. The number of halogens is 2. The monoisotopic (exact) mass is 464 g/mol. The summed E-state index contributed by atoms with van der Waals surface area (Å²) < 4.78 is 2.71. The Bertz CT molecular complexity index is 956. The van der Waals surface area contributed by atoms with Crippen LogP contribution in [-0.4, -0.2) is 11.7 Å². The largest absolute Gasteiger partial charge is 1.00 e. The van der Waals surface area contributed by atoms with Crippen LogP contribution in [0.25, 0.3) is 0 Å². The molecule has 2 heterocycles. The molecule has 0 radical (unpaired) electrons. The van der Waals surface area contributed by atoms with Crippen molar-refractivity contribution in [2.24, 2.45) is 0 Å². The average molecular weight is 466 g/mol. The number of carbonyl (C=O) groups excluding carboxylic acids is 2. The lowest BCUT2D eigenvalue weighted by atomic mass is 10.0. The highest BCUT2D eigenvalue weighted by molar-refractivity contribution is 9.10. The van der Waals surface area contributed by atoms with Gasteiger partial charge in [-0.05, 0) is 43.7 Å². The minimum Gasteiger partial charge on any atom is -1.00 e. The first-order valence-electron chi connectivity index (χ1n) is 8.10. The molecule has 1 N–H and O–H groups in total. The van der Waals surface area contributed by atoms with Crippen molar-refractivity contribution >= 4 is 44.0 Å². The molecule has 140 valence electrons. The Morgan fingerprint density at radius 3 is 2.33 bits per heavy atom. The molecule has 3 aromatic rings. The van der Waals surface area contributed by atoms with Crippen molar-refractivity contribution in [3.05, 3.63) is 80.9 Å². The molecular weight excluding hydrogens is 448 g/mol. The van der Waals surface area contributed by atoms with Gasteiger partial charge < -0.3 is 17.7 Å². The third kappa shape index (κ3) is 5.03. The summed E-state index contributed by atoms with van der Waals surface area (Å²) in [6, 6.07) is 12.9. The number of thiophene rings is 1. The van der Waals surface area contributed by atoms with Gasteiger partial charge in [0.2, 0.25) is 6.54 Å². The van der Waals surface area contributed by atoms with Crippen LogP contribution in [0, 0.1) is 13.8 Å². The first-order chi connectivity index (χ1) is 12.5. The summed E-state index contributed by atoms with van der Waals surface area (Å²) in [7, 11) is 0. The molecule has 0 saturated carbocycles. The second-order valence-electron chi connectivity index (χ2n) is 5.92. The number of ketones is 1. The molecule has 4 nitrogen and oxygen atoms in total. The average Bonchev–Trinajstić information content (AvgIpc) is 2.89. The van der Waals surface area contributed by atoms with Gasteiger partial charge in [-0.25, -0.2) is 0 Å². The van der Waals surface area contributed by atoms with E-state index in [9.17, 15) is 9.59 Å². The van der Waals surface area contributed by atoms with Crippen molar-refractivity contribution in [2.45, 2.75) is 20.4 Å². The third-order valence-corrected chi connectivity index (χ3v) is 5.73. The van der Waals surface area contributed by atoms with Crippen LogP contribution in [0.1, 0.15) is 26.4 Å². The molecule has 0 aliphatic rings. The maximum atomic E-state index is 13.0. The molecule has 2 aromatic heterocycles. The molecule has 27 heavy (non-hydrogen) atoms. The van der Waals surface area contributed by atoms with Crippen LogP contribution in [0.3, 0.4) is 0 Å². The molecule has 0 bridgehead atoms. The van der Waals surface area contributed by atoms with Crippen molar-refractivity contribution in [1.82, 2.24) is 0 Å². The van der Waals surface area contributed by atoms with E-state index in [-0.39, 0.29) is 30.6 Å². The van der Waals surface area contributed by atoms with Crippen LogP contribution in [0.5, 0.6) is 0 Å². The molecule has 7 heteroatoms. The fourth-order valence-corrected chi connectivity index (χ4v) is 3.94. The maximum absolute atomic E-state index is 13.0.